The van der Waals surface area contributed by atoms with Crippen LogP contribution in [0, 0.1) is 20.2 Å². The second kappa shape index (κ2) is 8.95. The molecule has 0 spiro atoms. The van der Waals surface area contributed by atoms with Gasteiger partial charge in [0.1, 0.15) is 0 Å². The molecule has 0 fully saturated rings. The van der Waals surface area contributed by atoms with Gasteiger partial charge < -0.3 is 18.6 Å². The van der Waals surface area contributed by atoms with E-state index in [2.05, 4.69) is 15.5 Å². The highest BCUT2D eigenvalue weighted by molar-refractivity contribution is 6.04. The third kappa shape index (κ3) is 4.38. The summed E-state index contributed by atoms with van der Waals surface area (Å²) in [5.41, 5.74) is -1.18. The van der Waals surface area contributed by atoms with E-state index in [1.54, 1.807) is 12.1 Å². The van der Waals surface area contributed by atoms with E-state index in [1.807, 2.05) is 0 Å². The molecular weight excluding hydrogens is 430 g/mol. The molecule has 0 aliphatic carbocycles. The number of carbonyl (C=O) groups excluding carboxylic acids is 1. The molecule has 0 radical (unpaired) electrons. The zero-order valence-electron chi connectivity index (χ0n) is 16.8. The average Bonchev–Trinajstić information content (AvgIpc) is 3.25. The fourth-order valence-electron chi connectivity index (χ4n) is 2.70. The first kappa shape index (κ1) is 21.9. The monoisotopic (exact) mass is 445 g/mol. The maximum Gasteiger partial charge on any atom is 0.322 e. The lowest BCUT2D eigenvalue weighted by Crippen LogP contribution is -2.13. The zero-order chi connectivity index (χ0) is 23.4. The molecule has 0 saturated carbocycles. The second-order valence-corrected chi connectivity index (χ2v) is 6.03. The van der Waals surface area contributed by atoms with Crippen LogP contribution in [0.5, 0.6) is 17.2 Å². The van der Waals surface area contributed by atoms with Gasteiger partial charge >= 0.3 is 6.01 Å². The van der Waals surface area contributed by atoms with Crippen molar-refractivity contribution in [3.8, 4) is 28.7 Å². The van der Waals surface area contributed by atoms with E-state index >= 15 is 0 Å². The van der Waals surface area contributed by atoms with Crippen molar-refractivity contribution in [3.63, 3.8) is 0 Å². The van der Waals surface area contributed by atoms with Crippen LogP contribution >= 0.6 is 0 Å². The first-order chi connectivity index (χ1) is 15.3. The standard InChI is InChI=1S/C18H15N5O9/c1-29-13-6-10(7-14(30-2)15(13)31-3)17-20-21-18(32-17)19-16(24)9-4-11(22(25)26)8-12(5-9)23(27)28/h4-8H,1-3H3,(H,19,21,24). The Hall–Kier alpha value is -4.75. The number of nitro benzene ring substituents is 2. The number of carbonyl (C=O) groups is 1. The van der Waals surface area contributed by atoms with E-state index in [4.69, 9.17) is 18.6 Å². The van der Waals surface area contributed by atoms with Gasteiger partial charge in [-0.05, 0) is 12.1 Å². The smallest absolute Gasteiger partial charge is 0.322 e. The molecule has 14 heteroatoms. The van der Waals surface area contributed by atoms with Crippen LogP contribution in [0.2, 0.25) is 0 Å². The van der Waals surface area contributed by atoms with Crippen molar-refractivity contribution in [1.29, 1.82) is 0 Å². The van der Waals surface area contributed by atoms with Crippen LogP contribution in [-0.4, -0.2) is 47.3 Å². The summed E-state index contributed by atoms with van der Waals surface area (Å²) in [5, 5.41) is 31.8. The van der Waals surface area contributed by atoms with Crippen molar-refractivity contribution in [2.75, 3.05) is 26.6 Å². The number of anilines is 1. The molecule has 0 atom stereocenters. The van der Waals surface area contributed by atoms with E-state index < -0.39 is 27.1 Å². The van der Waals surface area contributed by atoms with E-state index in [-0.39, 0.29) is 17.5 Å². The van der Waals surface area contributed by atoms with Gasteiger partial charge in [-0.15, -0.1) is 5.10 Å². The highest BCUT2D eigenvalue weighted by atomic mass is 16.6. The summed E-state index contributed by atoms with van der Waals surface area (Å²) in [6.45, 7) is 0. The molecule has 14 nitrogen and oxygen atoms in total. The van der Waals surface area contributed by atoms with Crippen LogP contribution in [0.15, 0.2) is 34.7 Å². The molecule has 32 heavy (non-hydrogen) atoms. The fourth-order valence-corrected chi connectivity index (χ4v) is 2.70. The fraction of sp³-hybridized carbons (Fsp3) is 0.167. The maximum atomic E-state index is 12.5. The summed E-state index contributed by atoms with van der Waals surface area (Å²) in [5.74, 6) is 0.0737. The lowest BCUT2D eigenvalue weighted by atomic mass is 10.1. The van der Waals surface area contributed by atoms with Crippen LogP contribution in [-0.2, 0) is 0 Å². The summed E-state index contributed by atoms with van der Waals surface area (Å²) in [6, 6.07) is 5.27. The van der Waals surface area contributed by atoms with Gasteiger partial charge in [0.05, 0.1) is 42.8 Å². The number of non-ortho nitro benzene ring substituents is 2. The molecule has 0 bridgehead atoms. The Morgan fingerprint density at radius 1 is 0.906 bits per heavy atom. The zero-order valence-corrected chi connectivity index (χ0v) is 16.8. The van der Waals surface area contributed by atoms with Crippen LogP contribution in [0.1, 0.15) is 10.4 Å². The average molecular weight is 445 g/mol. The number of nitrogens with one attached hydrogen (secondary N) is 1. The molecular formula is C18H15N5O9. The SMILES string of the molecule is COc1cc(-c2nnc(NC(=O)c3cc([N+](=O)[O-])cc([N+](=O)[O-])c3)o2)cc(OC)c1OC. The first-order valence-electron chi connectivity index (χ1n) is 8.66. The highest BCUT2D eigenvalue weighted by Crippen LogP contribution is 2.41. The molecule has 1 amide bonds. The number of hydrogen-bond acceptors (Lipinski definition) is 11. The quantitative estimate of drug-likeness (QED) is 0.397. The third-order valence-electron chi connectivity index (χ3n) is 4.14. The lowest BCUT2D eigenvalue weighted by molar-refractivity contribution is -0.394. The van der Waals surface area contributed by atoms with Crippen LogP contribution in [0.4, 0.5) is 17.4 Å². The highest BCUT2D eigenvalue weighted by Gasteiger charge is 2.22. The topological polar surface area (TPSA) is 182 Å². The van der Waals surface area contributed by atoms with E-state index in [1.165, 1.54) is 21.3 Å². The van der Waals surface area contributed by atoms with Crippen LogP contribution < -0.4 is 19.5 Å². The van der Waals surface area contributed by atoms with Crippen molar-refractivity contribution in [2.24, 2.45) is 0 Å². The predicted molar refractivity (Wildman–Crippen MR) is 107 cm³/mol. The number of amides is 1. The van der Waals surface area contributed by atoms with Gasteiger partial charge in [-0.2, -0.15) is 0 Å². The Bertz CT molecular complexity index is 1150. The van der Waals surface area contributed by atoms with Crippen LogP contribution in [0.3, 0.4) is 0 Å². The van der Waals surface area contributed by atoms with Gasteiger partial charge in [0.15, 0.2) is 11.5 Å². The minimum absolute atomic E-state index is 0.00965. The first-order valence-corrected chi connectivity index (χ1v) is 8.66. The number of nitrogens with zero attached hydrogens (tertiary/aromatic N) is 4. The molecule has 3 aromatic rings. The maximum absolute atomic E-state index is 12.5. The summed E-state index contributed by atoms with van der Waals surface area (Å²) >= 11 is 0. The molecule has 3 rings (SSSR count). The molecule has 1 N–H and O–H groups in total. The second-order valence-electron chi connectivity index (χ2n) is 6.03. The molecule has 0 unspecified atom stereocenters. The van der Waals surface area contributed by atoms with Crippen LogP contribution in [0.25, 0.3) is 11.5 Å². The van der Waals surface area contributed by atoms with Crippen molar-refractivity contribution in [2.45, 2.75) is 0 Å². The molecule has 1 heterocycles. The normalized spacial score (nSPS) is 10.3. The largest absolute Gasteiger partial charge is 0.493 e. The molecule has 0 saturated heterocycles. The number of aromatic nitrogens is 2. The summed E-state index contributed by atoms with van der Waals surface area (Å²) in [6.07, 6.45) is 0. The van der Waals surface area contributed by atoms with Gasteiger partial charge in [-0.1, -0.05) is 5.10 Å². The predicted octanol–water partition coefficient (Wildman–Crippen LogP) is 2.83. The van der Waals surface area contributed by atoms with Crippen molar-refractivity contribution >= 4 is 23.3 Å². The minimum Gasteiger partial charge on any atom is -0.493 e. The number of ether oxygens (including phenoxy) is 3. The van der Waals surface area contributed by atoms with Crippen molar-refractivity contribution in [3.05, 3.63) is 56.1 Å². The Kier molecular flexibility index (Phi) is 6.14. The van der Waals surface area contributed by atoms with Gasteiger partial charge in [0.2, 0.25) is 11.6 Å². The molecule has 0 aliphatic rings. The van der Waals surface area contributed by atoms with E-state index in [0.29, 0.717) is 22.8 Å². The molecule has 0 aliphatic heterocycles. The molecule has 2 aromatic carbocycles. The van der Waals surface area contributed by atoms with E-state index in [0.717, 1.165) is 18.2 Å². The molecule has 166 valence electrons. The van der Waals surface area contributed by atoms with Gasteiger partial charge in [-0.3, -0.25) is 30.3 Å². The summed E-state index contributed by atoms with van der Waals surface area (Å²) in [4.78, 5) is 32.8. The van der Waals surface area contributed by atoms with E-state index in [9.17, 15) is 25.0 Å². The summed E-state index contributed by atoms with van der Waals surface area (Å²) < 4.78 is 21.2. The third-order valence-corrected chi connectivity index (χ3v) is 4.14. The Labute approximate surface area is 179 Å². The van der Waals surface area contributed by atoms with Gasteiger partial charge in [0, 0.05) is 17.7 Å². The van der Waals surface area contributed by atoms with Crippen molar-refractivity contribution in [1.82, 2.24) is 10.2 Å². The minimum atomic E-state index is -0.920. The Balaban J connectivity index is 1.90. The lowest BCUT2D eigenvalue weighted by Gasteiger charge is -2.12. The number of nitro groups is 2. The number of benzene rings is 2. The summed E-state index contributed by atoms with van der Waals surface area (Å²) in [7, 11) is 4.30. The van der Waals surface area contributed by atoms with Gasteiger partial charge in [-0.25, -0.2) is 0 Å². The van der Waals surface area contributed by atoms with Crippen molar-refractivity contribution < 1.29 is 33.3 Å². The number of methoxy groups -OCH3 is 3. The number of hydrogen-bond donors (Lipinski definition) is 1. The number of rotatable bonds is 8. The Morgan fingerprint density at radius 3 is 1.94 bits per heavy atom. The Morgan fingerprint density at radius 2 is 1.47 bits per heavy atom. The molecule has 1 aromatic heterocycles. The van der Waals surface area contributed by atoms with Gasteiger partial charge in [0.25, 0.3) is 17.3 Å².